The molecule has 0 aliphatic carbocycles. The molecule has 1 aromatic carbocycles. The van der Waals surface area contributed by atoms with Gasteiger partial charge in [0.2, 0.25) is 0 Å². The highest BCUT2D eigenvalue weighted by molar-refractivity contribution is 7.99. The molecule has 2 aromatic heterocycles. The second-order valence-electron chi connectivity index (χ2n) is 7.68. The molecular formula is C22H21ClFN5O4S. The number of aromatic nitrogens is 4. The van der Waals surface area contributed by atoms with Crippen molar-refractivity contribution in [1.29, 1.82) is 5.26 Å². The summed E-state index contributed by atoms with van der Waals surface area (Å²) in [5.41, 5.74) is 0.836. The number of hydrogen-bond donors (Lipinski definition) is 2. The van der Waals surface area contributed by atoms with E-state index in [0.717, 1.165) is 11.8 Å². The molecule has 1 aliphatic rings. The number of aryl methyl sites for hydroxylation is 1. The Morgan fingerprint density at radius 1 is 1.38 bits per heavy atom. The van der Waals surface area contributed by atoms with Gasteiger partial charge in [0.25, 0.3) is 0 Å². The number of pyridine rings is 1. The van der Waals surface area contributed by atoms with Gasteiger partial charge in [-0.25, -0.2) is 14.1 Å². The first-order chi connectivity index (χ1) is 16.4. The molecule has 1 aliphatic heterocycles. The molecule has 0 amide bonds. The molecule has 178 valence electrons. The zero-order valence-corrected chi connectivity index (χ0v) is 19.7. The number of nitrogens with zero attached hydrogens (tertiary/aromatic N) is 5. The molecule has 9 nitrogen and oxygen atoms in total. The van der Waals surface area contributed by atoms with E-state index in [1.807, 2.05) is 6.07 Å². The summed E-state index contributed by atoms with van der Waals surface area (Å²) < 4.78 is 27.1. The van der Waals surface area contributed by atoms with E-state index >= 15 is 0 Å². The molecule has 1 fully saturated rings. The molecule has 3 aromatic rings. The predicted molar refractivity (Wildman–Crippen MR) is 122 cm³/mol. The monoisotopic (exact) mass is 505 g/mol. The summed E-state index contributed by atoms with van der Waals surface area (Å²) in [6, 6.07) is 7.53. The Kier molecular flexibility index (Phi) is 7.47. The van der Waals surface area contributed by atoms with Crippen LogP contribution in [0.25, 0.3) is 11.3 Å². The van der Waals surface area contributed by atoms with Gasteiger partial charge in [-0.2, -0.15) is 5.26 Å². The SMILES string of the molecule is COC1C(n2cc(-c3ccc(C)c(F)c3)nn2)[C@@H](O)C(CO)O[C@@H]1Sc1cc(Cl)cnc1C#N. The molecule has 1 saturated heterocycles. The largest absolute Gasteiger partial charge is 0.394 e. The Labute approximate surface area is 204 Å². The van der Waals surface area contributed by atoms with Crippen LogP contribution in [-0.4, -0.2) is 67.7 Å². The fourth-order valence-electron chi connectivity index (χ4n) is 3.74. The van der Waals surface area contributed by atoms with E-state index in [1.165, 1.54) is 24.1 Å². The van der Waals surface area contributed by atoms with Gasteiger partial charge < -0.3 is 19.7 Å². The lowest BCUT2D eigenvalue weighted by Gasteiger charge is -2.43. The molecule has 0 spiro atoms. The van der Waals surface area contributed by atoms with E-state index in [1.54, 1.807) is 31.3 Å². The van der Waals surface area contributed by atoms with Gasteiger partial charge in [0.1, 0.15) is 47.4 Å². The molecule has 0 saturated carbocycles. The van der Waals surface area contributed by atoms with Gasteiger partial charge in [-0.1, -0.05) is 40.7 Å². The normalized spacial score (nSPS) is 24.7. The summed E-state index contributed by atoms with van der Waals surface area (Å²) in [6.45, 7) is 1.20. The van der Waals surface area contributed by atoms with Crippen LogP contribution < -0.4 is 0 Å². The number of hydrogen-bond acceptors (Lipinski definition) is 9. The lowest BCUT2D eigenvalue weighted by molar-refractivity contribution is -0.186. The number of methoxy groups -OCH3 is 1. The Hall–Kier alpha value is -2.59. The van der Waals surface area contributed by atoms with Crippen molar-refractivity contribution in [3.63, 3.8) is 0 Å². The summed E-state index contributed by atoms with van der Waals surface area (Å²) in [5.74, 6) is -0.367. The van der Waals surface area contributed by atoms with E-state index < -0.39 is 36.4 Å². The number of aliphatic hydroxyl groups is 2. The Bertz CT molecular complexity index is 1220. The first-order valence-corrected chi connectivity index (χ1v) is 11.5. The predicted octanol–water partition coefficient (Wildman–Crippen LogP) is 2.74. The minimum atomic E-state index is -1.19. The second kappa shape index (κ2) is 10.4. The Morgan fingerprint density at radius 3 is 2.85 bits per heavy atom. The smallest absolute Gasteiger partial charge is 0.154 e. The van der Waals surface area contributed by atoms with E-state index in [-0.39, 0.29) is 11.5 Å². The van der Waals surface area contributed by atoms with Crippen LogP contribution in [0.5, 0.6) is 0 Å². The van der Waals surface area contributed by atoms with Crippen molar-refractivity contribution in [1.82, 2.24) is 20.0 Å². The van der Waals surface area contributed by atoms with Gasteiger partial charge in [-0.3, -0.25) is 0 Å². The maximum Gasteiger partial charge on any atom is 0.154 e. The Morgan fingerprint density at radius 2 is 2.18 bits per heavy atom. The van der Waals surface area contributed by atoms with Crippen LogP contribution in [0.15, 0.2) is 41.6 Å². The van der Waals surface area contributed by atoms with Crippen molar-refractivity contribution in [3.05, 3.63) is 58.8 Å². The number of ether oxygens (including phenoxy) is 2. The molecule has 5 atom stereocenters. The molecule has 3 heterocycles. The summed E-state index contributed by atoms with van der Waals surface area (Å²) in [7, 11) is 1.45. The topological polar surface area (TPSA) is 126 Å². The number of nitriles is 1. The fourth-order valence-corrected chi connectivity index (χ4v) is 5.22. The molecule has 0 radical (unpaired) electrons. The van der Waals surface area contributed by atoms with Crippen molar-refractivity contribution >= 4 is 23.4 Å². The van der Waals surface area contributed by atoms with Crippen LogP contribution in [0.1, 0.15) is 17.3 Å². The summed E-state index contributed by atoms with van der Waals surface area (Å²) in [4.78, 5) is 4.49. The van der Waals surface area contributed by atoms with E-state index in [4.69, 9.17) is 21.1 Å². The third-order valence-electron chi connectivity index (χ3n) is 5.55. The van der Waals surface area contributed by atoms with Gasteiger partial charge in [-0.05, 0) is 24.6 Å². The van der Waals surface area contributed by atoms with Crippen LogP contribution in [0.2, 0.25) is 5.02 Å². The average molecular weight is 506 g/mol. The van der Waals surface area contributed by atoms with Crippen LogP contribution >= 0.6 is 23.4 Å². The first-order valence-electron chi connectivity index (χ1n) is 10.2. The summed E-state index contributed by atoms with van der Waals surface area (Å²) in [6.07, 6.45) is 0.0264. The second-order valence-corrected chi connectivity index (χ2v) is 9.26. The van der Waals surface area contributed by atoms with Crippen LogP contribution in [0.3, 0.4) is 0 Å². The highest BCUT2D eigenvalue weighted by atomic mass is 35.5. The van der Waals surface area contributed by atoms with Gasteiger partial charge in [0, 0.05) is 23.8 Å². The van der Waals surface area contributed by atoms with Gasteiger partial charge in [0.05, 0.1) is 17.8 Å². The molecule has 3 unspecified atom stereocenters. The van der Waals surface area contributed by atoms with Crippen LogP contribution in [0, 0.1) is 24.1 Å². The third kappa shape index (κ3) is 4.79. The van der Waals surface area contributed by atoms with Crippen molar-refractivity contribution in [2.45, 2.75) is 41.6 Å². The van der Waals surface area contributed by atoms with E-state index in [0.29, 0.717) is 26.7 Å². The zero-order valence-electron chi connectivity index (χ0n) is 18.2. The quantitative estimate of drug-likeness (QED) is 0.519. The molecule has 12 heteroatoms. The molecule has 4 rings (SSSR count). The fraction of sp³-hybridized carbons (Fsp3) is 0.364. The van der Waals surface area contributed by atoms with Gasteiger partial charge in [0.15, 0.2) is 5.69 Å². The van der Waals surface area contributed by atoms with Crippen molar-refractivity contribution in [2.24, 2.45) is 0 Å². The molecule has 2 N–H and O–H groups in total. The van der Waals surface area contributed by atoms with Crippen LogP contribution in [-0.2, 0) is 9.47 Å². The highest BCUT2D eigenvalue weighted by Gasteiger charge is 2.47. The molecule has 34 heavy (non-hydrogen) atoms. The number of aliphatic hydroxyl groups excluding tert-OH is 2. The summed E-state index contributed by atoms with van der Waals surface area (Å²) >= 11 is 7.20. The van der Waals surface area contributed by atoms with E-state index in [9.17, 15) is 19.9 Å². The van der Waals surface area contributed by atoms with Crippen molar-refractivity contribution in [3.8, 4) is 17.3 Å². The minimum Gasteiger partial charge on any atom is -0.394 e. The number of rotatable bonds is 6. The van der Waals surface area contributed by atoms with Crippen molar-refractivity contribution in [2.75, 3.05) is 13.7 Å². The van der Waals surface area contributed by atoms with Crippen molar-refractivity contribution < 1.29 is 24.1 Å². The standard InChI is InChI=1S/C22H21ClFN5O4S/c1-11-3-4-12(5-14(11)24)16-9-29(28-27-16)19-20(31)17(10-30)33-22(21(19)32-2)34-18-6-13(23)8-26-15(18)7-25/h3-6,8-9,17,19-22,30-31H,10H2,1-2H3/t17?,19?,20-,21?,22+/m0/s1. The van der Waals surface area contributed by atoms with Gasteiger partial charge in [-0.15, -0.1) is 5.10 Å². The zero-order chi connectivity index (χ0) is 24.4. The maximum atomic E-state index is 14.1. The Balaban J connectivity index is 1.68. The molecular weight excluding hydrogens is 485 g/mol. The minimum absolute atomic E-state index is 0.153. The first kappa shape index (κ1) is 24.5. The summed E-state index contributed by atoms with van der Waals surface area (Å²) in [5, 5.41) is 38.8. The number of thioether (sulfide) groups is 1. The van der Waals surface area contributed by atoms with Crippen LogP contribution in [0.4, 0.5) is 4.39 Å². The lowest BCUT2D eigenvalue weighted by atomic mass is 9.97. The third-order valence-corrected chi connectivity index (χ3v) is 6.93. The lowest BCUT2D eigenvalue weighted by Crippen LogP contribution is -2.55. The van der Waals surface area contributed by atoms with Gasteiger partial charge >= 0.3 is 0 Å². The highest BCUT2D eigenvalue weighted by Crippen LogP contribution is 2.40. The number of halogens is 2. The number of benzene rings is 1. The maximum absolute atomic E-state index is 14.1. The average Bonchev–Trinajstić information content (AvgIpc) is 3.31. The molecule has 0 bridgehead atoms. The van der Waals surface area contributed by atoms with E-state index in [2.05, 4.69) is 15.3 Å².